The van der Waals surface area contributed by atoms with Crippen LogP contribution < -0.4 is 5.32 Å². The molecule has 3 aromatic rings. The van der Waals surface area contributed by atoms with E-state index in [0.29, 0.717) is 22.6 Å². The fraction of sp³-hybridized carbons (Fsp3) is 0.130. The lowest BCUT2D eigenvalue weighted by Gasteiger charge is -2.11. The Morgan fingerprint density at radius 2 is 1.77 bits per heavy atom. The van der Waals surface area contributed by atoms with E-state index in [-0.39, 0.29) is 16.6 Å². The van der Waals surface area contributed by atoms with E-state index in [2.05, 4.69) is 11.4 Å². The third kappa shape index (κ3) is 5.29. The average Bonchev–Trinajstić information content (AvgIpc) is 2.78. The Labute approximate surface area is 180 Å². The van der Waals surface area contributed by atoms with Crippen molar-refractivity contribution in [3.63, 3.8) is 0 Å². The molecule has 0 saturated heterocycles. The fourth-order valence-electron chi connectivity index (χ4n) is 2.75. The van der Waals surface area contributed by atoms with Crippen molar-refractivity contribution in [2.75, 3.05) is 11.1 Å². The minimum absolute atomic E-state index is 0.000774. The van der Waals surface area contributed by atoms with Gasteiger partial charge in [-0.05, 0) is 48.0 Å². The molecule has 152 valence electrons. The van der Waals surface area contributed by atoms with E-state index in [1.165, 1.54) is 23.9 Å². The van der Waals surface area contributed by atoms with Gasteiger partial charge in [0.15, 0.2) is 9.84 Å². The molecule has 0 unspecified atom stereocenters. The molecule has 5 nitrogen and oxygen atoms in total. The topological polar surface area (TPSA) is 87.0 Å². The number of nitrogens with one attached hydrogen (secondary N) is 1. The van der Waals surface area contributed by atoms with E-state index in [4.69, 9.17) is 5.26 Å². The fourth-order valence-corrected chi connectivity index (χ4v) is 4.68. The SMILES string of the molecule is CCS(=O)(=O)c1cccc(NC(=O)c2ccccc2SCc2ccc(C#N)cc2)c1. The second-order valence-corrected chi connectivity index (χ2v) is 9.77. The Kier molecular flexibility index (Phi) is 6.93. The van der Waals surface area contributed by atoms with Gasteiger partial charge in [-0.25, -0.2) is 8.42 Å². The van der Waals surface area contributed by atoms with Gasteiger partial charge in [-0.3, -0.25) is 4.79 Å². The number of anilines is 1. The highest BCUT2D eigenvalue weighted by atomic mass is 32.2. The number of rotatable bonds is 7. The molecule has 3 rings (SSSR count). The van der Waals surface area contributed by atoms with Crippen molar-refractivity contribution in [2.24, 2.45) is 0 Å². The molecule has 7 heteroatoms. The number of amides is 1. The summed E-state index contributed by atoms with van der Waals surface area (Å²) in [4.78, 5) is 13.9. The van der Waals surface area contributed by atoms with E-state index >= 15 is 0 Å². The van der Waals surface area contributed by atoms with Crippen LogP contribution in [0.25, 0.3) is 0 Å². The summed E-state index contributed by atoms with van der Waals surface area (Å²) in [5.74, 6) is 0.350. The normalized spacial score (nSPS) is 10.9. The van der Waals surface area contributed by atoms with Gasteiger partial charge in [-0.15, -0.1) is 11.8 Å². The standard InChI is InChI=1S/C23H20N2O3S2/c1-2-30(27,28)20-7-5-6-19(14-20)25-23(26)21-8-3-4-9-22(21)29-16-18-12-10-17(15-24)11-13-18/h3-14H,2,16H2,1H3,(H,25,26). The van der Waals surface area contributed by atoms with Crippen molar-refractivity contribution in [3.05, 3.63) is 89.5 Å². The van der Waals surface area contributed by atoms with Crippen LogP contribution in [0.4, 0.5) is 5.69 Å². The smallest absolute Gasteiger partial charge is 0.256 e. The number of carbonyl (C=O) groups excluding carboxylic acids is 1. The minimum Gasteiger partial charge on any atom is -0.322 e. The largest absolute Gasteiger partial charge is 0.322 e. The van der Waals surface area contributed by atoms with Crippen LogP contribution in [0.2, 0.25) is 0 Å². The minimum atomic E-state index is -3.35. The molecule has 0 aliphatic rings. The van der Waals surface area contributed by atoms with Gasteiger partial charge in [-0.1, -0.05) is 37.3 Å². The Hall–Kier alpha value is -3.08. The van der Waals surface area contributed by atoms with Crippen LogP contribution in [0, 0.1) is 11.3 Å². The molecule has 0 heterocycles. The molecule has 0 saturated carbocycles. The van der Waals surface area contributed by atoms with Gasteiger partial charge < -0.3 is 5.32 Å². The van der Waals surface area contributed by atoms with Crippen molar-refractivity contribution in [1.82, 2.24) is 0 Å². The Bertz CT molecular complexity index is 1200. The first-order chi connectivity index (χ1) is 14.4. The predicted octanol–water partition coefficient (Wildman–Crippen LogP) is 4.90. The molecule has 0 radical (unpaired) electrons. The maximum absolute atomic E-state index is 12.9. The lowest BCUT2D eigenvalue weighted by Crippen LogP contribution is -2.13. The second kappa shape index (κ2) is 9.61. The van der Waals surface area contributed by atoms with E-state index in [9.17, 15) is 13.2 Å². The monoisotopic (exact) mass is 436 g/mol. The molecule has 1 amide bonds. The highest BCUT2D eigenvalue weighted by Crippen LogP contribution is 2.27. The summed E-state index contributed by atoms with van der Waals surface area (Å²) in [7, 11) is -3.35. The molecule has 1 N–H and O–H groups in total. The Balaban J connectivity index is 1.76. The molecule has 0 spiro atoms. The predicted molar refractivity (Wildman–Crippen MR) is 119 cm³/mol. The van der Waals surface area contributed by atoms with Crippen LogP contribution in [0.1, 0.15) is 28.4 Å². The number of nitriles is 1. The van der Waals surface area contributed by atoms with Gasteiger partial charge in [0.1, 0.15) is 0 Å². The zero-order valence-corrected chi connectivity index (χ0v) is 18.0. The quantitative estimate of drug-likeness (QED) is 0.533. The molecule has 0 bridgehead atoms. The van der Waals surface area contributed by atoms with E-state index in [0.717, 1.165) is 10.5 Å². The summed E-state index contributed by atoms with van der Waals surface area (Å²) < 4.78 is 24.2. The number of sulfone groups is 1. The lowest BCUT2D eigenvalue weighted by molar-refractivity contribution is 0.102. The third-order valence-corrected chi connectivity index (χ3v) is 7.32. The second-order valence-electron chi connectivity index (χ2n) is 6.48. The molecular weight excluding hydrogens is 416 g/mol. The van der Waals surface area contributed by atoms with Crippen molar-refractivity contribution in [1.29, 1.82) is 5.26 Å². The molecule has 0 fully saturated rings. The molecule has 0 aromatic heterocycles. The van der Waals surface area contributed by atoms with E-state index in [1.807, 2.05) is 24.3 Å². The van der Waals surface area contributed by atoms with Gasteiger partial charge in [0.2, 0.25) is 0 Å². The third-order valence-electron chi connectivity index (χ3n) is 4.44. The maximum atomic E-state index is 12.9. The van der Waals surface area contributed by atoms with Crippen LogP contribution in [-0.2, 0) is 15.6 Å². The van der Waals surface area contributed by atoms with Crippen molar-refractivity contribution >= 4 is 33.2 Å². The van der Waals surface area contributed by atoms with Crippen LogP contribution in [0.5, 0.6) is 0 Å². The van der Waals surface area contributed by atoms with E-state index in [1.54, 1.807) is 43.3 Å². The zero-order chi connectivity index (χ0) is 21.6. The molecule has 30 heavy (non-hydrogen) atoms. The van der Waals surface area contributed by atoms with E-state index < -0.39 is 9.84 Å². The number of thioether (sulfide) groups is 1. The van der Waals surface area contributed by atoms with Crippen LogP contribution in [-0.4, -0.2) is 20.1 Å². The van der Waals surface area contributed by atoms with Gasteiger partial charge in [0.05, 0.1) is 27.8 Å². The summed E-state index contributed by atoms with van der Waals surface area (Å²) in [6.45, 7) is 1.59. The lowest BCUT2D eigenvalue weighted by atomic mass is 10.2. The number of carbonyl (C=O) groups is 1. The number of hydrogen-bond donors (Lipinski definition) is 1. The summed E-state index contributed by atoms with van der Waals surface area (Å²) in [5.41, 5.74) is 2.60. The van der Waals surface area contributed by atoms with Crippen molar-refractivity contribution in [3.8, 4) is 6.07 Å². The summed E-state index contributed by atoms with van der Waals surface area (Å²) in [6.07, 6.45) is 0. The van der Waals surface area contributed by atoms with Gasteiger partial charge in [0, 0.05) is 16.3 Å². The molecular formula is C23H20N2O3S2. The number of nitrogens with zero attached hydrogens (tertiary/aromatic N) is 1. The first-order valence-corrected chi connectivity index (χ1v) is 11.9. The highest BCUT2D eigenvalue weighted by Gasteiger charge is 2.15. The number of benzene rings is 3. The zero-order valence-electron chi connectivity index (χ0n) is 16.3. The van der Waals surface area contributed by atoms with Crippen LogP contribution >= 0.6 is 11.8 Å². The highest BCUT2D eigenvalue weighted by molar-refractivity contribution is 7.98. The van der Waals surface area contributed by atoms with Gasteiger partial charge in [-0.2, -0.15) is 5.26 Å². The van der Waals surface area contributed by atoms with Crippen LogP contribution in [0.3, 0.4) is 0 Å². The summed E-state index contributed by atoms with van der Waals surface area (Å²) in [5, 5.41) is 11.7. The molecule has 0 aliphatic carbocycles. The van der Waals surface area contributed by atoms with Crippen molar-refractivity contribution < 1.29 is 13.2 Å². The van der Waals surface area contributed by atoms with Crippen molar-refractivity contribution in [2.45, 2.75) is 22.5 Å². The molecule has 0 atom stereocenters. The number of hydrogen-bond acceptors (Lipinski definition) is 5. The molecule has 3 aromatic carbocycles. The Morgan fingerprint density at radius 1 is 1.03 bits per heavy atom. The summed E-state index contributed by atoms with van der Waals surface area (Å²) >= 11 is 1.52. The first kappa shape index (κ1) is 21.6. The molecule has 0 aliphatic heterocycles. The van der Waals surface area contributed by atoms with Gasteiger partial charge >= 0.3 is 0 Å². The van der Waals surface area contributed by atoms with Crippen LogP contribution in [0.15, 0.2) is 82.6 Å². The maximum Gasteiger partial charge on any atom is 0.256 e. The summed E-state index contributed by atoms with van der Waals surface area (Å²) in [6, 6.07) is 23.0. The average molecular weight is 437 g/mol. The first-order valence-electron chi connectivity index (χ1n) is 9.28. The van der Waals surface area contributed by atoms with Gasteiger partial charge in [0.25, 0.3) is 5.91 Å². The Morgan fingerprint density at radius 3 is 2.47 bits per heavy atom.